The molecule has 0 saturated carbocycles. The Labute approximate surface area is 184 Å². The molecular formula is C21H30IN3O3. The van der Waals surface area contributed by atoms with Gasteiger partial charge < -0.3 is 24.8 Å². The molecule has 0 unspecified atom stereocenters. The van der Waals surface area contributed by atoms with Gasteiger partial charge in [-0.15, -0.1) is 24.0 Å². The first-order chi connectivity index (χ1) is 13.3. The molecule has 0 heterocycles. The van der Waals surface area contributed by atoms with Crippen molar-refractivity contribution < 1.29 is 14.2 Å². The van der Waals surface area contributed by atoms with Gasteiger partial charge in [0.25, 0.3) is 0 Å². The molecule has 7 heteroatoms. The Morgan fingerprint density at radius 3 is 2.43 bits per heavy atom. The molecule has 0 aliphatic rings. The molecule has 2 N–H and O–H groups in total. The van der Waals surface area contributed by atoms with Gasteiger partial charge in [-0.2, -0.15) is 0 Å². The van der Waals surface area contributed by atoms with Crippen molar-refractivity contribution >= 4 is 29.9 Å². The topological polar surface area (TPSA) is 64.1 Å². The van der Waals surface area contributed by atoms with Crippen molar-refractivity contribution in [2.75, 3.05) is 34.4 Å². The standard InChI is InChI=1S/C21H29N3O3.HI/c1-22-21(23-12-7-13-25-2)24-15-18-10-11-19(20(14-18)26-3)27-16-17-8-5-4-6-9-17;/h4-6,8-11,14H,7,12-13,15-16H2,1-3H3,(H2,22,23,24);1H. The number of nitrogens with one attached hydrogen (secondary N) is 2. The number of methoxy groups -OCH3 is 2. The van der Waals surface area contributed by atoms with Gasteiger partial charge in [0, 0.05) is 33.9 Å². The number of ether oxygens (including phenoxy) is 3. The molecule has 0 aliphatic carbocycles. The lowest BCUT2D eigenvalue weighted by Gasteiger charge is -2.14. The van der Waals surface area contributed by atoms with Crippen molar-refractivity contribution in [1.82, 2.24) is 10.6 Å². The number of aliphatic imine (C=N–C) groups is 1. The molecule has 0 bridgehead atoms. The Kier molecular flexibility index (Phi) is 12.1. The average molecular weight is 499 g/mol. The van der Waals surface area contributed by atoms with Crippen LogP contribution in [0.4, 0.5) is 0 Å². The molecule has 0 radical (unpaired) electrons. The number of halogens is 1. The summed E-state index contributed by atoms with van der Waals surface area (Å²) < 4.78 is 16.4. The number of hydrogen-bond donors (Lipinski definition) is 2. The Morgan fingerprint density at radius 2 is 1.75 bits per heavy atom. The minimum absolute atomic E-state index is 0. The van der Waals surface area contributed by atoms with Crippen LogP contribution in [0.2, 0.25) is 0 Å². The highest BCUT2D eigenvalue weighted by molar-refractivity contribution is 14.0. The minimum atomic E-state index is 0. The highest BCUT2D eigenvalue weighted by atomic mass is 127. The maximum Gasteiger partial charge on any atom is 0.191 e. The lowest BCUT2D eigenvalue weighted by Crippen LogP contribution is -2.37. The molecule has 0 aliphatic heterocycles. The van der Waals surface area contributed by atoms with Crippen LogP contribution in [0.3, 0.4) is 0 Å². The van der Waals surface area contributed by atoms with Crippen molar-refractivity contribution in [3.8, 4) is 11.5 Å². The molecule has 28 heavy (non-hydrogen) atoms. The summed E-state index contributed by atoms with van der Waals surface area (Å²) in [7, 11) is 5.11. The SMILES string of the molecule is CN=C(NCCCOC)NCc1ccc(OCc2ccccc2)c(OC)c1.I. The van der Waals surface area contributed by atoms with E-state index in [-0.39, 0.29) is 24.0 Å². The summed E-state index contributed by atoms with van der Waals surface area (Å²) in [5.74, 6) is 2.20. The quantitative estimate of drug-likeness (QED) is 0.227. The first kappa shape index (κ1) is 24.0. The maximum absolute atomic E-state index is 5.90. The zero-order valence-corrected chi connectivity index (χ0v) is 19.1. The summed E-state index contributed by atoms with van der Waals surface area (Å²) in [4.78, 5) is 4.22. The van der Waals surface area contributed by atoms with Crippen LogP contribution in [-0.2, 0) is 17.9 Å². The van der Waals surface area contributed by atoms with Crippen LogP contribution < -0.4 is 20.1 Å². The lowest BCUT2D eigenvalue weighted by molar-refractivity contribution is 0.195. The zero-order valence-electron chi connectivity index (χ0n) is 16.7. The lowest BCUT2D eigenvalue weighted by atomic mass is 10.2. The predicted octanol–water partition coefficient (Wildman–Crippen LogP) is 3.59. The van der Waals surface area contributed by atoms with E-state index in [1.54, 1.807) is 21.3 Å². The molecule has 0 aromatic heterocycles. The van der Waals surface area contributed by atoms with Crippen LogP contribution in [0.1, 0.15) is 17.5 Å². The fourth-order valence-corrected chi connectivity index (χ4v) is 2.51. The maximum atomic E-state index is 5.90. The van der Waals surface area contributed by atoms with E-state index in [9.17, 15) is 0 Å². The Hall–Kier alpha value is -2.00. The highest BCUT2D eigenvalue weighted by Crippen LogP contribution is 2.28. The molecule has 0 spiro atoms. The normalized spacial score (nSPS) is 10.8. The van der Waals surface area contributed by atoms with Gasteiger partial charge in [0.15, 0.2) is 17.5 Å². The number of hydrogen-bond acceptors (Lipinski definition) is 4. The number of rotatable bonds is 10. The summed E-state index contributed by atoms with van der Waals surface area (Å²) in [6.45, 7) is 2.68. The van der Waals surface area contributed by atoms with E-state index in [1.807, 2.05) is 48.5 Å². The van der Waals surface area contributed by atoms with Crippen molar-refractivity contribution in [2.24, 2.45) is 4.99 Å². The van der Waals surface area contributed by atoms with Crippen molar-refractivity contribution in [2.45, 2.75) is 19.6 Å². The van der Waals surface area contributed by atoms with Crippen LogP contribution in [0.25, 0.3) is 0 Å². The number of benzene rings is 2. The van der Waals surface area contributed by atoms with Gasteiger partial charge in [-0.05, 0) is 29.7 Å². The molecule has 2 aromatic rings. The molecule has 0 atom stereocenters. The van der Waals surface area contributed by atoms with Crippen molar-refractivity contribution in [3.05, 3.63) is 59.7 Å². The Morgan fingerprint density at radius 1 is 0.964 bits per heavy atom. The van der Waals surface area contributed by atoms with Crippen molar-refractivity contribution in [1.29, 1.82) is 0 Å². The smallest absolute Gasteiger partial charge is 0.191 e. The second-order valence-corrected chi connectivity index (χ2v) is 5.96. The third kappa shape index (κ3) is 8.35. The van der Waals surface area contributed by atoms with Gasteiger partial charge in [-0.1, -0.05) is 36.4 Å². The third-order valence-electron chi connectivity index (χ3n) is 3.97. The van der Waals surface area contributed by atoms with E-state index < -0.39 is 0 Å². The monoisotopic (exact) mass is 499 g/mol. The highest BCUT2D eigenvalue weighted by Gasteiger charge is 2.07. The molecule has 0 fully saturated rings. The summed E-state index contributed by atoms with van der Waals surface area (Å²) in [6.07, 6.45) is 0.929. The Balaban J connectivity index is 0.00000392. The van der Waals surface area contributed by atoms with Gasteiger partial charge in [-0.3, -0.25) is 4.99 Å². The van der Waals surface area contributed by atoms with Gasteiger partial charge in [0.05, 0.1) is 7.11 Å². The molecule has 0 saturated heterocycles. The van der Waals surface area contributed by atoms with E-state index in [0.717, 1.165) is 42.4 Å². The summed E-state index contributed by atoms with van der Waals surface area (Å²) in [5.41, 5.74) is 2.20. The van der Waals surface area contributed by atoms with Crippen molar-refractivity contribution in [3.63, 3.8) is 0 Å². The van der Waals surface area contributed by atoms with Crippen LogP contribution in [0.5, 0.6) is 11.5 Å². The van der Waals surface area contributed by atoms with Gasteiger partial charge in [0.1, 0.15) is 6.61 Å². The van der Waals surface area contributed by atoms with E-state index in [4.69, 9.17) is 14.2 Å². The van der Waals surface area contributed by atoms with Gasteiger partial charge in [0.2, 0.25) is 0 Å². The van der Waals surface area contributed by atoms with Gasteiger partial charge >= 0.3 is 0 Å². The second kappa shape index (κ2) is 14.1. The zero-order chi connectivity index (χ0) is 19.3. The number of guanidine groups is 1. The average Bonchev–Trinajstić information content (AvgIpc) is 2.72. The second-order valence-electron chi connectivity index (χ2n) is 5.96. The number of nitrogens with zero attached hydrogens (tertiary/aromatic N) is 1. The van der Waals surface area contributed by atoms with E-state index >= 15 is 0 Å². The van der Waals surface area contributed by atoms with Crippen LogP contribution in [-0.4, -0.2) is 40.4 Å². The van der Waals surface area contributed by atoms with E-state index in [2.05, 4.69) is 15.6 Å². The molecular weight excluding hydrogens is 469 g/mol. The molecule has 6 nitrogen and oxygen atoms in total. The summed E-state index contributed by atoms with van der Waals surface area (Å²) in [5, 5.41) is 6.55. The first-order valence-corrected chi connectivity index (χ1v) is 9.04. The van der Waals surface area contributed by atoms with Crippen LogP contribution in [0.15, 0.2) is 53.5 Å². The molecule has 2 rings (SSSR count). The first-order valence-electron chi connectivity index (χ1n) is 9.04. The molecule has 2 aromatic carbocycles. The summed E-state index contributed by atoms with van der Waals surface area (Å²) >= 11 is 0. The fourth-order valence-electron chi connectivity index (χ4n) is 2.51. The van der Waals surface area contributed by atoms with Gasteiger partial charge in [-0.25, -0.2) is 0 Å². The molecule has 154 valence electrons. The van der Waals surface area contributed by atoms with E-state index in [1.165, 1.54) is 0 Å². The minimum Gasteiger partial charge on any atom is -0.493 e. The fraction of sp³-hybridized carbons (Fsp3) is 0.381. The van der Waals surface area contributed by atoms with E-state index in [0.29, 0.717) is 18.9 Å². The molecule has 0 amide bonds. The summed E-state index contributed by atoms with van der Waals surface area (Å²) in [6, 6.07) is 16.0. The predicted molar refractivity (Wildman–Crippen MR) is 124 cm³/mol. The largest absolute Gasteiger partial charge is 0.493 e. The third-order valence-corrected chi connectivity index (χ3v) is 3.97. The van der Waals surface area contributed by atoms with Crippen LogP contribution >= 0.6 is 24.0 Å². The Bertz CT molecular complexity index is 711. The van der Waals surface area contributed by atoms with Crippen LogP contribution in [0, 0.1) is 0 Å².